The fourth-order valence-electron chi connectivity index (χ4n) is 2.00. The molecule has 0 aliphatic heterocycles. The summed E-state index contributed by atoms with van der Waals surface area (Å²) in [7, 11) is 4.97. The van der Waals surface area contributed by atoms with Crippen molar-refractivity contribution in [1.29, 1.82) is 0 Å². The first-order chi connectivity index (χ1) is 8.42. The van der Waals surface area contributed by atoms with Crippen LogP contribution in [-0.2, 0) is 17.8 Å². The van der Waals surface area contributed by atoms with Gasteiger partial charge in [-0.3, -0.25) is 0 Å². The average molecular weight is 253 g/mol. The third-order valence-corrected chi connectivity index (χ3v) is 2.66. The van der Waals surface area contributed by atoms with Crippen LogP contribution in [-0.4, -0.2) is 26.9 Å². The first-order valence-electron chi connectivity index (χ1n) is 5.93. The Hall–Kier alpha value is -1.26. The summed E-state index contributed by atoms with van der Waals surface area (Å²) >= 11 is 0. The molecular weight excluding hydrogens is 230 g/mol. The maximum absolute atomic E-state index is 6.10. The van der Waals surface area contributed by atoms with E-state index in [0.29, 0.717) is 13.0 Å². The van der Waals surface area contributed by atoms with E-state index in [1.54, 1.807) is 21.3 Å². The van der Waals surface area contributed by atoms with Gasteiger partial charge in [-0.1, -0.05) is 0 Å². The van der Waals surface area contributed by atoms with Crippen LogP contribution in [0.2, 0.25) is 0 Å². The number of hydrogen-bond acceptors (Lipinski definition) is 4. The third kappa shape index (κ3) is 3.62. The van der Waals surface area contributed by atoms with Crippen molar-refractivity contribution in [2.75, 3.05) is 21.3 Å². The Morgan fingerprint density at radius 1 is 1.11 bits per heavy atom. The van der Waals surface area contributed by atoms with Gasteiger partial charge in [0.05, 0.1) is 20.8 Å². The first-order valence-corrected chi connectivity index (χ1v) is 5.93. The van der Waals surface area contributed by atoms with Crippen molar-refractivity contribution in [2.45, 2.75) is 32.4 Å². The van der Waals surface area contributed by atoms with Crippen LogP contribution in [0.25, 0.3) is 0 Å². The minimum absolute atomic E-state index is 0.327. The maximum atomic E-state index is 6.10. The van der Waals surface area contributed by atoms with Gasteiger partial charge in [-0.05, 0) is 32.4 Å². The van der Waals surface area contributed by atoms with E-state index in [1.165, 1.54) is 0 Å². The van der Waals surface area contributed by atoms with Crippen LogP contribution in [0.4, 0.5) is 0 Å². The van der Waals surface area contributed by atoms with E-state index in [4.69, 9.17) is 19.9 Å². The molecule has 0 radical (unpaired) electrons. The molecule has 0 saturated heterocycles. The van der Waals surface area contributed by atoms with Crippen LogP contribution in [0, 0.1) is 0 Å². The van der Waals surface area contributed by atoms with Gasteiger partial charge in [-0.25, -0.2) is 0 Å². The molecule has 0 aliphatic carbocycles. The molecule has 0 heterocycles. The van der Waals surface area contributed by atoms with Gasteiger partial charge in [-0.2, -0.15) is 0 Å². The lowest BCUT2D eigenvalue weighted by atomic mass is 9.93. The minimum atomic E-state index is -0.327. The normalized spacial score (nSPS) is 11.4. The van der Waals surface area contributed by atoms with Gasteiger partial charge in [-0.15, -0.1) is 0 Å². The van der Waals surface area contributed by atoms with Gasteiger partial charge in [0, 0.05) is 23.8 Å². The summed E-state index contributed by atoms with van der Waals surface area (Å²) in [5, 5.41) is 0. The number of ether oxygens (including phenoxy) is 3. The molecule has 102 valence electrons. The fourth-order valence-corrected chi connectivity index (χ4v) is 2.00. The molecule has 1 aromatic carbocycles. The van der Waals surface area contributed by atoms with Crippen LogP contribution in [0.15, 0.2) is 12.1 Å². The fraction of sp³-hybridized carbons (Fsp3) is 0.571. The number of methoxy groups -OCH3 is 3. The summed E-state index contributed by atoms with van der Waals surface area (Å²) in [5.74, 6) is 1.60. The molecule has 0 atom stereocenters. The molecule has 0 bridgehead atoms. The van der Waals surface area contributed by atoms with Crippen molar-refractivity contribution >= 4 is 0 Å². The predicted octanol–water partition coefficient (Wildman–Crippen LogP) is 2.13. The van der Waals surface area contributed by atoms with Crippen LogP contribution in [0.5, 0.6) is 11.5 Å². The van der Waals surface area contributed by atoms with E-state index >= 15 is 0 Å². The molecule has 0 saturated carbocycles. The largest absolute Gasteiger partial charge is 0.496 e. The quantitative estimate of drug-likeness (QED) is 0.844. The zero-order valence-electron chi connectivity index (χ0n) is 11.9. The SMILES string of the molecule is COCc1ccc(OC)c(CC(C)(C)N)c1OC. The van der Waals surface area contributed by atoms with E-state index in [2.05, 4.69) is 0 Å². The summed E-state index contributed by atoms with van der Waals surface area (Å²) in [4.78, 5) is 0. The lowest BCUT2D eigenvalue weighted by molar-refractivity contribution is 0.181. The lowest BCUT2D eigenvalue weighted by Crippen LogP contribution is -2.34. The molecule has 18 heavy (non-hydrogen) atoms. The first kappa shape index (κ1) is 14.8. The van der Waals surface area contributed by atoms with E-state index in [-0.39, 0.29) is 5.54 Å². The highest BCUT2D eigenvalue weighted by Gasteiger charge is 2.21. The summed E-state index contributed by atoms with van der Waals surface area (Å²) in [6.45, 7) is 4.47. The zero-order valence-corrected chi connectivity index (χ0v) is 11.9. The highest BCUT2D eigenvalue weighted by atomic mass is 16.5. The van der Waals surface area contributed by atoms with E-state index < -0.39 is 0 Å². The summed E-state index contributed by atoms with van der Waals surface area (Å²) in [6, 6.07) is 3.88. The van der Waals surface area contributed by atoms with Crippen LogP contribution < -0.4 is 15.2 Å². The van der Waals surface area contributed by atoms with Crippen molar-refractivity contribution in [1.82, 2.24) is 0 Å². The molecule has 0 fully saturated rings. The second-order valence-electron chi connectivity index (χ2n) is 5.04. The average Bonchev–Trinajstić information content (AvgIpc) is 2.28. The lowest BCUT2D eigenvalue weighted by Gasteiger charge is -2.23. The highest BCUT2D eigenvalue weighted by Crippen LogP contribution is 2.34. The number of rotatable bonds is 6. The highest BCUT2D eigenvalue weighted by molar-refractivity contribution is 5.50. The maximum Gasteiger partial charge on any atom is 0.131 e. The summed E-state index contributed by atoms with van der Waals surface area (Å²) in [5.41, 5.74) is 7.76. The Kier molecular flexibility index (Phi) is 4.99. The molecule has 1 rings (SSSR count). The number of nitrogens with two attached hydrogens (primary N) is 1. The topological polar surface area (TPSA) is 53.7 Å². The van der Waals surface area contributed by atoms with Gasteiger partial charge in [0.1, 0.15) is 11.5 Å². The molecule has 0 aromatic heterocycles. The third-order valence-electron chi connectivity index (χ3n) is 2.66. The second-order valence-corrected chi connectivity index (χ2v) is 5.04. The van der Waals surface area contributed by atoms with Gasteiger partial charge >= 0.3 is 0 Å². The molecule has 0 aliphatic rings. The molecule has 1 aromatic rings. The Labute approximate surface area is 109 Å². The van der Waals surface area contributed by atoms with E-state index in [1.807, 2.05) is 26.0 Å². The van der Waals surface area contributed by atoms with Gasteiger partial charge in [0.15, 0.2) is 0 Å². The molecule has 0 spiro atoms. The molecule has 0 unspecified atom stereocenters. The monoisotopic (exact) mass is 253 g/mol. The Balaban J connectivity index is 3.27. The molecule has 4 heteroatoms. The van der Waals surface area contributed by atoms with E-state index in [9.17, 15) is 0 Å². The number of benzene rings is 1. The van der Waals surface area contributed by atoms with Gasteiger partial charge in [0.25, 0.3) is 0 Å². The minimum Gasteiger partial charge on any atom is -0.496 e. The Bertz CT molecular complexity index is 397. The van der Waals surface area contributed by atoms with Crippen molar-refractivity contribution in [3.05, 3.63) is 23.3 Å². The second kappa shape index (κ2) is 6.07. The van der Waals surface area contributed by atoms with Gasteiger partial charge < -0.3 is 19.9 Å². The van der Waals surface area contributed by atoms with Crippen molar-refractivity contribution in [2.24, 2.45) is 5.73 Å². The predicted molar refractivity (Wildman–Crippen MR) is 72.2 cm³/mol. The zero-order chi connectivity index (χ0) is 13.8. The standard InChI is InChI=1S/C14H23NO3/c1-14(2,15)8-11-12(17-4)7-6-10(9-16-3)13(11)18-5/h6-7H,8-9,15H2,1-5H3. The van der Waals surface area contributed by atoms with Crippen LogP contribution >= 0.6 is 0 Å². The molecule has 4 nitrogen and oxygen atoms in total. The number of hydrogen-bond donors (Lipinski definition) is 1. The van der Waals surface area contributed by atoms with Crippen molar-refractivity contribution in [3.63, 3.8) is 0 Å². The van der Waals surface area contributed by atoms with E-state index in [0.717, 1.165) is 22.6 Å². The van der Waals surface area contributed by atoms with Gasteiger partial charge in [0.2, 0.25) is 0 Å². The molecular formula is C14H23NO3. The Morgan fingerprint density at radius 3 is 2.22 bits per heavy atom. The summed E-state index contributed by atoms with van der Waals surface area (Å²) < 4.78 is 16.1. The van der Waals surface area contributed by atoms with Crippen molar-refractivity contribution < 1.29 is 14.2 Å². The Morgan fingerprint density at radius 2 is 1.78 bits per heavy atom. The van der Waals surface area contributed by atoms with Crippen LogP contribution in [0.1, 0.15) is 25.0 Å². The molecule has 0 amide bonds. The smallest absolute Gasteiger partial charge is 0.131 e. The molecule has 2 N–H and O–H groups in total. The van der Waals surface area contributed by atoms with Crippen LogP contribution in [0.3, 0.4) is 0 Å². The summed E-state index contributed by atoms with van der Waals surface area (Å²) in [6.07, 6.45) is 0.677. The van der Waals surface area contributed by atoms with Crippen molar-refractivity contribution in [3.8, 4) is 11.5 Å².